The molecule has 1 aromatic carbocycles. The number of rotatable bonds is 5. The molecule has 5 rings (SSSR count). The number of amides is 1. The van der Waals surface area contributed by atoms with E-state index in [1.54, 1.807) is 18.2 Å². The van der Waals surface area contributed by atoms with Crippen molar-refractivity contribution in [2.24, 2.45) is 28.3 Å². The molecule has 0 atom stereocenters. The number of carbonyl (C=O) groups excluding carboxylic acids is 1. The molecule has 4 bridgehead atoms. The summed E-state index contributed by atoms with van der Waals surface area (Å²) in [4.78, 5) is 23.6. The molecular weight excluding hydrogens is 316 g/mol. The van der Waals surface area contributed by atoms with E-state index in [1.807, 2.05) is 0 Å². The number of nitrogens with zero attached hydrogens (tertiary/aromatic N) is 1. The van der Waals surface area contributed by atoms with Crippen molar-refractivity contribution in [2.45, 2.75) is 44.9 Å². The normalized spacial score (nSPS) is 32.9. The fourth-order valence-corrected chi connectivity index (χ4v) is 5.86. The summed E-state index contributed by atoms with van der Waals surface area (Å²) in [6.45, 7) is 0. The summed E-state index contributed by atoms with van der Waals surface area (Å²) < 4.78 is 0. The van der Waals surface area contributed by atoms with Crippen LogP contribution in [-0.4, -0.2) is 23.2 Å². The SMILES string of the molecule is O=C(CC12CC3CC(CC(C3)C1)C2)NN=Cc1ccccc1C(=O)O. The van der Waals surface area contributed by atoms with E-state index in [1.165, 1.54) is 50.8 Å². The predicted molar refractivity (Wildman–Crippen MR) is 94.4 cm³/mol. The van der Waals surface area contributed by atoms with Crippen molar-refractivity contribution in [3.63, 3.8) is 0 Å². The van der Waals surface area contributed by atoms with Gasteiger partial charge in [0.2, 0.25) is 5.91 Å². The van der Waals surface area contributed by atoms with Gasteiger partial charge in [-0.2, -0.15) is 5.10 Å². The van der Waals surface area contributed by atoms with Gasteiger partial charge in [-0.25, -0.2) is 10.2 Å². The van der Waals surface area contributed by atoms with E-state index in [0.29, 0.717) is 12.0 Å². The summed E-state index contributed by atoms with van der Waals surface area (Å²) in [7, 11) is 0. The fraction of sp³-hybridized carbons (Fsp3) is 0.550. The molecule has 0 radical (unpaired) electrons. The van der Waals surface area contributed by atoms with Gasteiger partial charge in [-0.05, 0) is 67.8 Å². The lowest BCUT2D eigenvalue weighted by Crippen LogP contribution is -2.47. The predicted octanol–water partition coefficient (Wildman–Crippen LogP) is 3.44. The number of hydrogen-bond acceptors (Lipinski definition) is 3. The van der Waals surface area contributed by atoms with Gasteiger partial charge in [-0.1, -0.05) is 18.2 Å². The van der Waals surface area contributed by atoms with E-state index < -0.39 is 5.97 Å². The van der Waals surface area contributed by atoms with Crippen molar-refractivity contribution >= 4 is 18.1 Å². The van der Waals surface area contributed by atoms with E-state index in [4.69, 9.17) is 5.11 Å². The van der Waals surface area contributed by atoms with Crippen LogP contribution in [0.25, 0.3) is 0 Å². The van der Waals surface area contributed by atoms with Crippen molar-refractivity contribution in [2.75, 3.05) is 0 Å². The number of carboxylic acids is 1. The van der Waals surface area contributed by atoms with Crippen molar-refractivity contribution in [1.29, 1.82) is 0 Å². The number of nitrogens with one attached hydrogen (secondary N) is 1. The molecule has 0 aromatic heterocycles. The second-order valence-electron chi connectivity index (χ2n) is 8.28. The molecule has 0 spiro atoms. The van der Waals surface area contributed by atoms with Crippen LogP contribution < -0.4 is 5.43 Å². The lowest BCUT2D eigenvalue weighted by molar-refractivity contribution is -0.129. The molecule has 0 aliphatic heterocycles. The molecule has 5 heteroatoms. The average molecular weight is 340 g/mol. The average Bonchev–Trinajstić information content (AvgIpc) is 2.53. The molecule has 1 amide bonds. The van der Waals surface area contributed by atoms with E-state index in [0.717, 1.165) is 17.8 Å². The van der Waals surface area contributed by atoms with Gasteiger partial charge in [0.05, 0.1) is 11.8 Å². The van der Waals surface area contributed by atoms with Crippen LogP contribution in [0.5, 0.6) is 0 Å². The van der Waals surface area contributed by atoms with Crippen LogP contribution in [0, 0.1) is 23.2 Å². The Bertz CT molecular complexity index is 690. The van der Waals surface area contributed by atoms with Crippen LogP contribution in [0.2, 0.25) is 0 Å². The number of hydrazone groups is 1. The second-order valence-corrected chi connectivity index (χ2v) is 8.28. The second kappa shape index (κ2) is 6.28. The lowest BCUT2D eigenvalue weighted by atomic mass is 9.49. The van der Waals surface area contributed by atoms with Gasteiger partial charge in [-0.3, -0.25) is 4.79 Å². The number of benzene rings is 1. The highest BCUT2D eigenvalue weighted by Gasteiger charge is 2.51. The van der Waals surface area contributed by atoms with E-state index in [9.17, 15) is 9.59 Å². The number of carboxylic acid groups (broad SMARTS) is 1. The molecule has 1 aromatic rings. The van der Waals surface area contributed by atoms with Crippen molar-refractivity contribution < 1.29 is 14.7 Å². The Hall–Kier alpha value is -2.17. The van der Waals surface area contributed by atoms with Crippen LogP contribution in [0.3, 0.4) is 0 Å². The first-order chi connectivity index (χ1) is 12.0. The summed E-state index contributed by atoms with van der Waals surface area (Å²) >= 11 is 0. The van der Waals surface area contributed by atoms with Crippen LogP contribution in [-0.2, 0) is 4.79 Å². The Morgan fingerprint density at radius 1 is 1.12 bits per heavy atom. The highest BCUT2D eigenvalue weighted by molar-refractivity contribution is 5.98. The molecule has 0 unspecified atom stereocenters. The minimum absolute atomic E-state index is 0.0500. The Balaban J connectivity index is 1.38. The number of carbonyl (C=O) groups is 2. The molecule has 25 heavy (non-hydrogen) atoms. The lowest BCUT2D eigenvalue weighted by Gasteiger charge is -2.56. The Kier molecular flexibility index (Phi) is 4.10. The molecular formula is C20H24N2O3. The maximum absolute atomic E-state index is 12.4. The first kappa shape index (κ1) is 16.3. The zero-order chi connectivity index (χ0) is 17.4. The molecule has 0 saturated heterocycles. The van der Waals surface area contributed by atoms with Crippen LogP contribution in [0.15, 0.2) is 29.4 Å². The first-order valence-electron chi connectivity index (χ1n) is 9.17. The maximum Gasteiger partial charge on any atom is 0.336 e. The Labute approximate surface area is 147 Å². The van der Waals surface area contributed by atoms with Gasteiger partial charge in [0.25, 0.3) is 0 Å². The third kappa shape index (κ3) is 3.32. The molecule has 4 fully saturated rings. The summed E-state index contributed by atoms with van der Waals surface area (Å²) in [5.74, 6) is 1.42. The Morgan fingerprint density at radius 3 is 2.32 bits per heavy atom. The summed E-state index contributed by atoms with van der Waals surface area (Å²) in [6.07, 6.45) is 9.64. The molecule has 4 aliphatic rings. The summed E-state index contributed by atoms with van der Waals surface area (Å²) in [5, 5.41) is 13.2. The zero-order valence-electron chi connectivity index (χ0n) is 14.3. The third-order valence-corrected chi connectivity index (χ3v) is 6.28. The largest absolute Gasteiger partial charge is 0.478 e. The van der Waals surface area contributed by atoms with Gasteiger partial charge in [0, 0.05) is 12.0 Å². The standard InChI is InChI=1S/C20H24N2O3/c23-18(22-21-12-16-3-1-2-4-17(16)19(24)25)11-20-8-13-5-14(9-20)7-15(6-13)10-20/h1-4,12-15H,5-11H2,(H,22,23)(H,24,25). The smallest absolute Gasteiger partial charge is 0.336 e. The maximum atomic E-state index is 12.4. The quantitative estimate of drug-likeness (QED) is 0.636. The number of hydrogen-bond donors (Lipinski definition) is 2. The summed E-state index contributed by atoms with van der Waals surface area (Å²) in [5.41, 5.74) is 3.47. The van der Waals surface area contributed by atoms with E-state index in [2.05, 4.69) is 10.5 Å². The van der Waals surface area contributed by atoms with Gasteiger partial charge in [0.15, 0.2) is 0 Å². The number of aromatic carboxylic acids is 1. The van der Waals surface area contributed by atoms with Gasteiger partial charge in [0.1, 0.15) is 0 Å². The molecule has 132 valence electrons. The van der Waals surface area contributed by atoms with Gasteiger partial charge in [-0.15, -0.1) is 0 Å². The highest BCUT2D eigenvalue weighted by atomic mass is 16.4. The highest BCUT2D eigenvalue weighted by Crippen LogP contribution is 2.61. The molecule has 2 N–H and O–H groups in total. The van der Waals surface area contributed by atoms with Crippen molar-refractivity contribution in [1.82, 2.24) is 5.43 Å². The van der Waals surface area contributed by atoms with Gasteiger partial charge >= 0.3 is 5.97 Å². The third-order valence-electron chi connectivity index (χ3n) is 6.28. The van der Waals surface area contributed by atoms with Crippen molar-refractivity contribution in [3.8, 4) is 0 Å². The minimum Gasteiger partial charge on any atom is -0.478 e. The van der Waals surface area contributed by atoms with E-state index >= 15 is 0 Å². The van der Waals surface area contributed by atoms with E-state index in [-0.39, 0.29) is 16.9 Å². The molecule has 4 saturated carbocycles. The van der Waals surface area contributed by atoms with Crippen LogP contribution in [0.4, 0.5) is 0 Å². The summed E-state index contributed by atoms with van der Waals surface area (Å²) in [6, 6.07) is 6.64. The zero-order valence-corrected chi connectivity index (χ0v) is 14.3. The monoisotopic (exact) mass is 340 g/mol. The molecule has 0 heterocycles. The van der Waals surface area contributed by atoms with Crippen LogP contribution in [0.1, 0.15) is 60.9 Å². The van der Waals surface area contributed by atoms with Crippen LogP contribution >= 0.6 is 0 Å². The van der Waals surface area contributed by atoms with Gasteiger partial charge < -0.3 is 5.11 Å². The first-order valence-corrected chi connectivity index (χ1v) is 9.17. The fourth-order valence-electron chi connectivity index (χ4n) is 5.86. The Morgan fingerprint density at radius 2 is 1.72 bits per heavy atom. The topological polar surface area (TPSA) is 78.8 Å². The molecule has 5 nitrogen and oxygen atoms in total. The minimum atomic E-state index is -0.998. The van der Waals surface area contributed by atoms with Crippen molar-refractivity contribution in [3.05, 3.63) is 35.4 Å². The molecule has 4 aliphatic carbocycles.